The van der Waals surface area contributed by atoms with E-state index in [1.165, 1.54) is 73.8 Å². The van der Waals surface area contributed by atoms with Crippen LogP contribution in [0.15, 0.2) is 76.5 Å². The zero-order chi connectivity index (χ0) is 25.2. The second-order valence-corrected chi connectivity index (χ2v) is 10.3. The molecular formula is C24H17ClFNO6S2. The average Bonchev–Trinajstić information content (AvgIpc) is 3.08. The van der Waals surface area contributed by atoms with Crippen LogP contribution in [0.5, 0.6) is 11.5 Å². The summed E-state index contributed by atoms with van der Waals surface area (Å²) in [4.78, 5) is 26.3. The first kappa shape index (κ1) is 24.8. The van der Waals surface area contributed by atoms with Crippen molar-refractivity contribution in [2.45, 2.75) is 11.4 Å². The normalized spacial score (nSPS) is 15.1. The Morgan fingerprint density at radius 2 is 1.69 bits per heavy atom. The van der Waals surface area contributed by atoms with Gasteiger partial charge in [0.1, 0.15) is 10.7 Å². The van der Waals surface area contributed by atoms with Crippen molar-refractivity contribution in [1.29, 1.82) is 0 Å². The van der Waals surface area contributed by atoms with Gasteiger partial charge in [-0.2, -0.15) is 8.42 Å². The summed E-state index contributed by atoms with van der Waals surface area (Å²) in [6.45, 7) is -0.00139. The molecule has 1 aliphatic rings. The minimum absolute atomic E-state index is 0.00139. The van der Waals surface area contributed by atoms with Crippen LogP contribution in [0.25, 0.3) is 6.08 Å². The molecule has 0 bridgehead atoms. The van der Waals surface area contributed by atoms with Crippen molar-refractivity contribution in [3.8, 4) is 11.5 Å². The summed E-state index contributed by atoms with van der Waals surface area (Å²) in [5.41, 5.74) is 1.02. The molecule has 3 aromatic carbocycles. The monoisotopic (exact) mass is 533 g/mol. The number of ether oxygens (including phenoxy) is 1. The largest absolute Gasteiger partial charge is 0.493 e. The Balaban J connectivity index is 1.58. The first-order chi connectivity index (χ1) is 16.7. The fraction of sp³-hybridized carbons (Fsp3) is 0.0833. The molecule has 4 rings (SSSR count). The molecule has 1 heterocycles. The van der Waals surface area contributed by atoms with Gasteiger partial charge in [0.05, 0.1) is 18.6 Å². The molecule has 0 aliphatic carbocycles. The molecule has 11 heteroatoms. The van der Waals surface area contributed by atoms with Gasteiger partial charge in [-0.25, -0.2) is 4.39 Å². The van der Waals surface area contributed by atoms with Gasteiger partial charge >= 0.3 is 10.1 Å². The quantitative estimate of drug-likeness (QED) is 0.293. The van der Waals surface area contributed by atoms with E-state index in [0.29, 0.717) is 16.1 Å². The lowest BCUT2D eigenvalue weighted by Crippen LogP contribution is -2.27. The van der Waals surface area contributed by atoms with E-state index in [-0.39, 0.29) is 27.8 Å². The van der Waals surface area contributed by atoms with Crippen LogP contribution in [0.2, 0.25) is 5.02 Å². The Morgan fingerprint density at radius 3 is 2.34 bits per heavy atom. The molecule has 7 nitrogen and oxygen atoms in total. The highest BCUT2D eigenvalue weighted by Gasteiger charge is 2.35. The van der Waals surface area contributed by atoms with E-state index in [1.807, 2.05) is 0 Å². The van der Waals surface area contributed by atoms with Gasteiger partial charge in [0.15, 0.2) is 11.5 Å². The molecule has 0 radical (unpaired) electrons. The summed E-state index contributed by atoms with van der Waals surface area (Å²) < 4.78 is 49.0. The van der Waals surface area contributed by atoms with E-state index in [4.69, 9.17) is 20.5 Å². The smallest absolute Gasteiger partial charge is 0.339 e. The molecule has 0 saturated carbocycles. The maximum Gasteiger partial charge on any atom is 0.339 e. The number of carbonyl (C=O) groups excluding carboxylic acids is 2. The highest BCUT2D eigenvalue weighted by Crippen LogP contribution is 2.36. The van der Waals surface area contributed by atoms with Crippen LogP contribution in [-0.2, 0) is 21.5 Å². The summed E-state index contributed by atoms with van der Waals surface area (Å²) in [5, 5.41) is -0.0993. The third-order valence-electron chi connectivity index (χ3n) is 4.91. The molecule has 35 heavy (non-hydrogen) atoms. The van der Waals surface area contributed by atoms with E-state index in [0.717, 1.165) is 16.7 Å². The second kappa shape index (κ2) is 10.1. The van der Waals surface area contributed by atoms with Crippen LogP contribution < -0.4 is 8.92 Å². The topological polar surface area (TPSA) is 90.0 Å². The number of hydrogen-bond acceptors (Lipinski definition) is 7. The highest BCUT2D eigenvalue weighted by atomic mass is 35.5. The molecule has 1 fully saturated rings. The number of amides is 2. The van der Waals surface area contributed by atoms with Gasteiger partial charge in [0.2, 0.25) is 0 Å². The maximum absolute atomic E-state index is 13.1. The Hall–Kier alpha value is -3.34. The number of halogens is 2. The van der Waals surface area contributed by atoms with Gasteiger partial charge in [0, 0.05) is 5.02 Å². The molecule has 0 N–H and O–H groups in total. The Bertz CT molecular complexity index is 1420. The lowest BCUT2D eigenvalue weighted by molar-refractivity contribution is -0.123. The van der Waals surface area contributed by atoms with Gasteiger partial charge in [0.25, 0.3) is 11.1 Å². The van der Waals surface area contributed by atoms with Crippen molar-refractivity contribution in [3.63, 3.8) is 0 Å². The first-order valence-electron chi connectivity index (χ1n) is 10.0. The van der Waals surface area contributed by atoms with Crippen molar-refractivity contribution in [3.05, 3.63) is 93.6 Å². The molecule has 0 unspecified atom stereocenters. The molecular weight excluding hydrogens is 517 g/mol. The van der Waals surface area contributed by atoms with Gasteiger partial charge in [-0.1, -0.05) is 29.8 Å². The lowest BCUT2D eigenvalue weighted by Gasteiger charge is -2.12. The van der Waals surface area contributed by atoms with Crippen LogP contribution in [0.3, 0.4) is 0 Å². The number of hydrogen-bond donors (Lipinski definition) is 0. The molecule has 1 saturated heterocycles. The Morgan fingerprint density at radius 1 is 1.00 bits per heavy atom. The molecule has 0 spiro atoms. The second-order valence-electron chi connectivity index (χ2n) is 7.30. The SMILES string of the molecule is COc1ccc(/C=C2\SC(=O)N(Cc3ccc(F)cc3)C2=O)cc1OS(=O)(=O)c1ccc(Cl)cc1. The van der Waals surface area contributed by atoms with Gasteiger partial charge in [-0.3, -0.25) is 14.5 Å². The minimum atomic E-state index is -4.19. The number of benzene rings is 3. The fourth-order valence-corrected chi connectivity index (χ4v) is 5.07. The standard InChI is InChI=1S/C24H17ClFNO6S2/c1-32-20-11-4-16(12-21(20)33-35(30,31)19-9-5-17(25)6-10-19)13-22-23(28)27(24(29)34-22)14-15-2-7-18(26)8-3-15/h2-13H,14H2,1H3/b22-13-. The average molecular weight is 534 g/mol. The predicted molar refractivity (Wildman–Crippen MR) is 130 cm³/mol. The summed E-state index contributed by atoms with van der Waals surface area (Å²) in [7, 11) is -2.83. The van der Waals surface area contributed by atoms with Gasteiger partial charge in [-0.15, -0.1) is 0 Å². The van der Waals surface area contributed by atoms with Gasteiger partial charge < -0.3 is 8.92 Å². The highest BCUT2D eigenvalue weighted by molar-refractivity contribution is 8.18. The molecule has 0 aromatic heterocycles. The summed E-state index contributed by atoms with van der Waals surface area (Å²) >= 11 is 6.57. The number of imide groups is 1. The zero-order valence-corrected chi connectivity index (χ0v) is 20.5. The van der Waals surface area contributed by atoms with E-state index >= 15 is 0 Å². The van der Waals surface area contributed by atoms with Crippen LogP contribution in [0.4, 0.5) is 9.18 Å². The van der Waals surface area contributed by atoms with E-state index in [1.54, 1.807) is 6.07 Å². The molecule has 180 valence electrons. The number of carbonyl (C=O) groups is 2. The molecule has 3 aromatic rings. The number of nitrogens with zero attached hydrogens (tertiary/aromatic N) is 1. The van der Waals surface area contributed by atoms with E-state index < -0.39 is 27.1 Å². The third-order valence-corrected chi connectivity index (χ3v) is 7.32. The number of rotatable bonds is 7. The molecule has 1 aliphatic heterocycles. The van der Waals surface area contributed by atoms with Crippen molar-refractivity contribution in [2.75, 3.05) is 7.11 Å². The Labute approximate surface area is 210 Å². The maximum atomic E-state index is 13.1. The van der Waals surface area contributed by atoms with Crippen molar-refractivity contribution in [2.24, 2.45) is 0 Å². The predicted octanol–water partition coefficient (Wildman–Crippen LogP) is 5.49. The Kier molecular flexibility index (Phi) is 7.15. The van der Waals surface area contributed by atoms with Crippen molar-refractivity contribution in [1.82, 2.24) is 4.90 Å². The third kappa shape index (κ3) is 5.67. The zero-order valence-electron chi connectivity index (χ0n) is 18.1. The van der Waals surface area contributed by atoms with E-state index in [2.05, 4.69) is 0 Å². The van der Waals surface area contributed by atoms with E-state index in [9.17, 15) is 22.4 Å². The molecule has 2 amide bonds. The lowest BCUT2D eigenvalue weighted by atomic mass is 10.1. The van der Waals surface area contributed by atoms with Crippen molar-refractivity contribution >= 4 is 50.7 Å². The number of methoxy groups -OCH3 is 1. The fourth-order valence-electron chi connectivity index (χ4n) is 3.18. The summed E-state index contributed by atoms with van der Waals surface area (Å²) in [5.74, 6) is -0.874. The minimum Gasteiger partial charge on any atom is -0.493 e. The van der Waals surface area contributed by atoms with Gasteiger partial charge in [-0.05, 0) is 77.5 Å². The van der Waals surface area contributed by atoms with Crippen molar-refractivity contribution < 1.29 is 31.3 Å². The van der Waals surface area contributed by atoms with Crippen LogP contribution >= 0.6 is 23.4 Å². The first-order valence-corrected chi connectivity index (χ1v) is 12.6. The van der Waals surface area contributed by atoms with Crippen LogP contribution in [0, 0.1) is 5.82 Å². The molecule has 0 atom stereocenters. The number of thioether (sulfide) groups is 1. The van der Waals surface area contributed by atoms with Crippen LogP contribution in [0.1, 0.15) is 11.1 Å². The van der Waals surface area contributed by atoms with Crippen LogP contribution in [-0.4, -0.2) is 31.6 Å². The summed E-state index contributed by atoms with van der Waals surface area (Å²) in [6, 6.07) is 15.4. The summed E-state index contributed by atoms with van der Waals surface area (Å²) in [6.07, 6.45) is 1.46.